The zero-order chi connectivity index (χ0) is 17.4. The average molecular weight is 365 g/mol. The molecule has 15 heteroatoms. The van der Waals surface area contributed by atoms with Gasteiger partial charge in [-0.15, -0.1) is 52.7 Å². The molecule has 0 aliphatic carbocycles. The molecule has 0 saturated heterocycles. The summed E-state index contributed by atoms with van der Waals surface area (Å²) in [5.74, 6) is -3.42. The smallest absolute Gasteiger partial charge is 0.177 e. The van der Waals surface area contributed by atoms with E-state index in [1.807, 2.05) is 0 Å². The molecular weight excluding hydrogens is 364 g/mol. The molecule has 0 unspecified atom stereocenters. The summed E-state index contributed by atoms with van der Waals surface area (Å²) < 4.78 is 146. The van der Waals surface area contributed by atoms with Crippen LogP contribution in [-0.2, 0) is 0 Å². The molecular formula is C6HClF12N2. The van der Waals surface area contributed by atoms with Gasteiger partial charge in [0.15, 0.2) is 0 Å². The van der Waals surface area contributed by atoms with Gasteiger partial charge in [0.25, 0.3) is 0 Å². The predicted molar refractivity (Wildman–Crippen MR) is 41.8 cm³/mol. The molecule has 0 aromatic heterocycles. The van der Waals surface area contributed by atoms with E-state index in [2.05, 4.69) is 11.6 Å². The standard InChI is InChI=1S/C6HClF12N2/c7-1-2(20(3(8,9)10)4(11,12)13)21(5(14,15)16)6(17,18)19/h1H. The lowest BCUT2D eigenvalue weighted by Gasteiger charge is -2.37. The highest BCUT2D eigenvalue weighted by Gasteiger charge is 2.63. The number of hydrogen-bond acceptors (Lipinski definition) is 2. The Hall–Kier alpha value is -1.21. The predicted octanol–water partition coefficient (Wildman–Crippen LogP) is 4.71. The van der Waals surface area contributed by atoms with E-state index >= 15 is 0 Å². The van der Waals surface area contributed by atoms with Crippen molar-refractivity contribution < 1.29 is 52.7 Å². The molecule has 0 bridgehead atoms. The van der Waals surface area contributed by atoms with E-state index in [9.17, 15) is 52.7 Å². The first-order valence-corrected chi connectivity index (χ1v) is 4.55. The lowest BCUT2D eigenvalue weighted by Crippen LogP contribution is -2.57. The molecule has 0 atom stereocenters. The van der Waals surface area contributed by atoms with Gasteiger partial charge in [0, 0.05) is 5.54 Å². The number of alkyl halides is 12. The van der Waals surface area contributed by atoms with Crippen molar-refractivity contribution in [2.24, 2.45) is 0 Å². The summed E-state index contributed by atoms with van der Waals surface area (Å²) in [4.78, 5) is -6.04. The van der Waals surface area contributed by atoms with Gasteiger partial charge in [0.1, 0.15) is 5.82 Å². The van der Waals surface area contributed by atoms with E-state index in [1.165, 1.54) is 0 Å². The average Bonchev–Trinajstić information content (AvgIpc) is 2.06. The van der Waals surface area contributed by atoms with Gasteiger partial charge < -0.3 is 0 Å². The van der Waals surface area contributed by atoms with Crippen LogP contribution in [0.3, 0.4) is 0 Å². The number of halogens is 13. The van der Waals surface area contributed by atoms with Crippen molar-refractivity contribution >= 4 is 11.6 Å². The monoisotopic (exact) mass is 364 g/mol. The summed E-state index contributed by atoms with van der Waals surface area (Å²) in [6.45, 7) is 0. The molecule has 21 heavy (non-hydrogen) atoms. The Kier molecular flexibility index (Phi) is 5.21. The number of hydrogen-bond donors (Lipinski definition) is 0. The van der Waals surface area contributed by atoms with Gasteiger partial charge in [-0.3, -0.25) is 0 Å². The van der Waals surface area contributed by atoms with Crippen molar-refractivity contribution in [3.05, 3.63) is 11.4 Å². The molecule has 0 aromatic rings. The molecule has 0 fully saturated rings. The molecule has 0 N–H and O–H groups in total. The van der Waals surface area contributed by atoms with Gasteiger partial charge in [0.2, 0.25) is 0 Å². The molecule has 0 heterocycles. The van der Waals surface area contributed by atoms with E-state index in [0.717, 1.165) is 0 Å². The number of nitrogens with zero attached hydrogens (tertiary/aromatic N) is 2. The van der Waals surface area contributed by atoms with Gasteiger partial charge in [-0.25, -0.2) is 0 Å². The van der Waals surface area contributed by atoms with Crippen molar-refractivity contribution in [2.45, 2.75) is 25.2 Å². The second kappa shape index (κ2) is 5.53. The molecule has 0 spiro atoms. The van der Waals surface area contributed by atoms with Crippen molar-refractivity contribution in [1.82, 2.24) is 9.80 Å². The van der Waals surface area contributed by atoms with Crippen LogP contribution in [0.2, 0.25) is 0 Å². The van der Waals surface area contributed by atoms with Gasteiger partial charge in [0.05, 0.1) is 0 Å². The van der Waals surface area contributed by atoms with Crippen LogP contribution >= 0.6 is 11.6 Å². The van der Waals surface area contributed by atoms with Gasteiger partial charge in [-0.2, -0.15) is 9.80 Å². The Balaban J connectivity index is 6.19. The minimum Gasteiger partial charge on any atom is -0.177 e. The fourth-order valence-electron chi connectivity index (χ4n) is 1.00. The first-order valence-electron chi connectivity index (χ1n) is 4.12. The Morgan fingerprint density at radius 2 is 0.762 bits per heavy atom. The van der Waals surface area contributed by atoms with Gasteiger partial charge in [-0.1, -0.05) is 11.6 Å². The molecule has 0 amide bonds. The summed E-state index contributed by atoms with van der Waals surface area (Å²) in [6, 6.07) is 0. The largest absolute Gasteiger partial charge is 0.492 e. The van der Waals surface area contributed by atoms with Crippen LogP contribution in [-0.4, -0.2) is 35.0 Å². The second-order valence-electron chi connectivity index (χ2n) is 3.01. The van der Waals surface area contributed by atoms with E-state index in [1.54, 1.807) is 0 Å². The minimum atomic E-state index is -6.65. The van der Waals surface area contributed by atoms with Crippen LogP contribution in [0, 0.1) is 0 Å². The van der Waals surface area contributed by atoms with Crippen molar-refractivity contribution in [1.29, 1.82) is 0 Å². The van der Waals surface area contributed by atoms with E-state index < -0.39 is 46.4 Å². The molecule has 0 radical (unpaired) electrons. The first kappa shape index (κ1) is 19.8. The minimum absolute atomic E-state index is 1.14. The third-order valence-corrected chi connectivity index (χ3v) is 1.77. The van der Waals surface area contributed by atoms with E-state index in [0.29, 0.717) is 0 Å². The lowest BCUT2D eigenvalue weighted by molar-refractivity contribution is -0.405. The van der Waals surface area contributed by atoms with Crippen LogP contribution in [0.15, 0.2) is 11.4 Å². The maximum Gasteiger partial charge on any atom is 0.492 e. The highest BCUT2D eigenvalue weighted by atomic mass is 35.5. The molecule has 0 aliphatic rings. The highest BCUT2D eigenvalue weighted by molar-refractivity contribution is 6.25. The summed E-state index contributed by atoms with van der Waals surface area (Å²) in [6.07, 6.45) is -26.6. The van der Waals surface area contributed by atoms with Crippen LogP contribution < -0.4 is 0 Å². The fourth-order valence-corrected chi connectivity index (χ4v) is 1.20. The van der Waals surface area contributed by atoms with Crippen molar-refractivity contribution in [3.8, 4) is 0 Å². The second-order valence-corrected chi connectivity index (χ2v) is 3.23. The first-order chi connectivity index (χ1) is 8.94. The third kappa shape index (κ3) is 4.93. The Morgan fingerprint density at radius 3 is 0.857 bits per heavy atom. The van der Waals surface area contributed by atoms with Crippen molar-refractivity contribution in [3.63, 3.8) is 0 Å². The van der Waals surface area contributed by atoms with Crippen LogP contribution in [0.5, 0.6) is 0 Å². The maximum atomic E-state index is 12.1. The normalized spacial score (nSPS) is 14.0. The molecule has 0 saturated carbocycles. The maximum absolute atomic E-state index is 12.1. The SMILES string of the molecule is FC(F)(F)N(C(=CCl)N(C(F)(F)F)C(F)(F)F)C(F)(F)F. The van der Waals surface area contributed by atoms with Gasteiger partial charge in [-0.05, 0) is 0 Å². The van der Waals surface area contributed by atoms with Gasteiger partial charge >= 0.3 is 25.2 Å². The summed E-state index contributed by atoms with van der Waals surface area (Å²) >= 11 is 4.34. The molecule has 2 nitrogen and oxygen atoms in total. The Labute approximate surface area is 112 Å². The fraction of sp³-hybridized carbons (Fsp3) is 0.667. The third-order valence-electron chi connectivity index (χ3n) is 1.57. The van der Waals surface area contributed by atoms with Crippen LogP contribution in [0.4, 0.5) is 52.7 Å². The summed E-state index contributed by atoms with van der Waals surface area (Å²) in [5, 5.41) is 0. The zero-order valence-electron chi connectivity index (χ0n) is 8.89. The Bertz CT molecular complexity index is 325. The molecule has 0 rings (SSSR count). The summed E-state index contributed by atoms with van der Waals surface area (Å²) in [7, 11) is 0. The van der Waals surface area contributed by atoms with Crippen LogP contribution in [0.1, 0.15) is 0 Å². The van der Waals surface area contributed by atoms with E-state index in [4.69, 9.17) is 0 Å². The molecule has 126 valence electrons. The quantitative estimate of drug-likeness (QED) is 0.517. The van der Waals surface area contributed by atoms with Crippen LogP contribution in [0.25, 0.3) is 0 Å². The zero-order valence-corrected chi connectivity index (χ0v) is 9.64. The Morgan fingerprint density at radius 1 is 0.571 bits per heavy atom. The molecule has 0 aliphatic heterocycles. The van der Waals surface area contributed by atoms with E-state index in [-0.39, 0.29) is 0 Å². The number of rotatable bonds is 2. The topological polar surface area (TPSA) is 6.48 Å². The summed E-state index contributed by atoms with van der Waals surface area (Å²) in [5.41, 5.74) is -1.14. The lowest BCUT2D eigenvalue weighted by atomic mass is 10.5. The van der Waals surface area contributed by atoms with Crippen molar-refractivity contribution in [2.75, 3.05) is 0 Å². The highest BCUT2D eigenvalue weighted by Crippen LogP contribution is 2.45. The molecule has 0 aromatic carbocycles.